The summed E-state index contributed by atoms with van der Waals surface area (Å²) in [4.78, 5) is 2.32. The normalized spacial score (nSPS) is 17.0. The molecule has 1 fully saturated rings. The molecule has 1 atom stereocenters. The molecule has 0 radical (unpaired) electrons. The fraction of sp³-hybridized carbons (Fsp3) is 0.263. The van der Waals surface area contributed by atoms with Gasteiger partial charge in [-0.1, -0.05) is 53.3 Å². The Morgan fingerprint density at radius 3 is 2.68 bits per heavy atom. The van der Waals surface area contributed by atoms with E-state index in [4.69, 9.17) is 11.6 Å². The number of anilines is 2. The lowest BCUT2D eigenvalue weighted by Crippen LogP contribution is -2.25. The first-order chi connectivity index (χ1) is 12.3. The Kier molecular flexibility index (Phi) is 4.85. The molecule has 4 nitrogen and oxygen atoms in total. The third-order valence-corrected chi connectivity index (χ3v) is 5.56. The molecule has 2 heterocycles. The van der Waals surface area contributed by atoms with Crippen LogP contribution in [0.3, 0.4) is 0 Å². The fourth-order valence-corrected chi connectivity index (χ4v) is 4.08. The van der Waals surface area contributed by atoms with Gasteiger partial charge in [0.25, 0.3) is 0 Å². The molecule has 1 aromatic heterocycles. The highest BCUT2D eigenvalue weighted by molar-refractivity contribution is 7.15. The van der Waals surface area contributed by atoms with Crippen LogP contribution in [0.15, 0.2) is 54.6 Å². The zero-order valence-electron chi connectivity index (χ0n) is 13.7. The third-order valence-electron chi connectivity index (χ3n) is 4.33. The minimum atomic E-state index is 0.450. The molecule has 128 valence electrons. The maximum Gasteiger partial charge on any atom is 0.208 e. The molecule has 2 aromatic carbocycles. The molecule has 0 bridgehead atoms. The van der Waals surface area contributed by atoms with Gasteiger partial charge in [-0.05, 0) is 36.2 Å². The van der Waals surface area contributed by atoms with E-state index in [-0.39, 0.29) is 0 Å². The second-order valence-corrected chi connectivity index (χ2v) is 7.70. The van der Waals surface area contributed by atoms with Crippen LogP contribution >= 0.6 is 22.9 Å². The zero-order valence-corrected chi connectivity index (χ0v) is 15.3. The molecule has 0 spiro atoms. The number of nitrogens with zero attached hydrogens (tertiary/aromatic N) is 3. The van der Waals surface area contributed by atoms with Gasteiger partial charge in [-0.3, -0.25) is 0 Å². The lowest BCUT2D eigenvalue weighted by molar-refractivity contribution is 0.806. The van der Waals surface area contributed by atoms with Crippen LogP contribution in [0.5, 0.6) is 0 Å². The summed E-state index contributed by atoms with van der Waals surface area (Å²) in [6.45, 7) is 1.98. The number of halogens is 1. The number of hydrogen-bond donors (Lipinski definition) is 1. The fourth-order valence-electron chi connectivity index (χ4n) is 3.04. The van der Waals surface area contributed by atoms with Gasteiger partial charge in [0.05, 0.1) is 0 Å². The Labute approximate surface area is 156 Å². The summed E-state index contributed by atoms with van der Waals surface area (Å²) >= 11 is 7.62. The van der Waals surface area contributed by atoms with Crippen LogP contribution in [0, 0.1) is 0 Å². The van der Waals surface area contributed by atoms with Crippen LogP contribution < -0.4 is 10.2 Å². The molecular formula is C19H19ClN4S. The van der Waals surface area contributed by atoms with Gasteiger partial charge in [0, 0.05) is 36.3 Å². The Bertz CT molecular complexity index is 819. The van der Waals surface area contributed by atoms with Gasteiger partial charge in [0.1, 0.15) is 5.01 Å². The number of nitrogens with one attached hydrogen (secondary N) is 1. The van der Waals surface area contributed by atoms with Gasteiger partial charge in [0.15, 0.2) is 0 Å². The molecule has 0 saturated carbocycles. The molecule has 1 unspecified atom stereocenters. The number of para-hydroxylation sites is 1. The summed E-state index contributed by atoms with van der Waals surface area (Å²) < 4.78 is 0. The van der Waals surface area contributed by atoms with Crippen molar-refractivity contribution in [1.82, 2.24) is 10.2 Å². The Balaban J connectivity index is 1.37. The summed E-state index contributed by atoms with van der Waals surface area (Å²) in [6, 6.07) is 18.7. The van der Waals surface area contributed by atoms with Crippen molar-refractivity contribution in [3.05, 3.63) is 70.2 Å². The van der Waals surface area contributed by atoms with Gasteiger partial charge in [-0.25, -0.2) is 0 Å². The van der Waals surface area contributed by atoms with Crippen molar-refractivity contribution in [2.24, 2.45) is 0 Å². The molecule has 25 heavy (non-hydrogen) atoms. The van der Waals surface area contributed by atoms with Crippen molar-refractivity contribution in [2.75, 3.05) is 23.3 Å². The minimum absolute atomic E-state index is 0.450. The van der Waals surface area contributed by atoms with Crippen LogP contribution in [-0.4, -0.2) is 29.3 Å². The average Bonchev–Trinajstić information content (AvgIpc) is 3.27. The summed E-state index contributed by atoms with van der Waals surface area (Å²) in [7, 11) is 0. The van der Waals surface area contributed by atoms with Gasteiger partial charge in [-0.15, -0.1) is 10.2 Å². The Morgan fingerprint density at radius 2 is 1.88 bits per heavy atom. The third kappa shape index (κ3) is 4.11. The monoisotopic (exact) mass is 370 g/mol. The molecular weight excluding hydrogens is 352 g/mol. The van der Waals surface area contributed by atoms with E-state index in [2.05, 4.69) is 44.7 Å². The molecule has 1 aliphatic heterocycles. The van der Waals surface area contributed by atoms with E-state index in [1.165, 1.54) is 11.3 Å². The first-order valence-corrected chi connectivity index (χ1v) is 9.59. The first kappa shape index (κ1) is 16.4. The van der Waals surface area contributed by atoms with Crippen molar-refractivity contribution < 1.29 is 0 Å². The highest BCUT2D eigenvalue weighted by Gasteiger charge is 2.25. The van der Waals surface area contributed by atoms with Crippen molar-refractivity contribution >= 4 is 33.8 Å². The van der Waals surface area contributed by atoms with Crippen LogP contribution in [-0.2, 0) is 6.42 Å². The second kappa shape index (κ2) is 7.42. The highest BCUT2D eigenvalue weighted by atomic mass is 35.5. The molecule has 0 amide bonds. The summed E-state index contributed by atoms with van der Waals surface area (Å²) in [5.74, 6) is 0. The molecule has 6 heteroatoms. The largest absolute Gasteiger partial charge is 0.380 e. The van der Waals surface area contributed by atoms with Crippen LogP contribution in [0.1, 0.15) is 17.0 Å². The van der Waals surface area contributed by atoms with E-state index in [1.54, 1.807) is 11.3 Å². The first-order valence-electron chi connectivity index (χ1n) is 8.39. The van der Waals surface area contributed by atoms with E-state index in [9.17, 15) is 0 Å². The van der Waals surface area contributed by atoms with Crippen LogP contribution in [0.2, 0.25) is 5.02 Å². The quantitative estimate of drug-likeness (QED) is 0.719. The van der Waals surface area contributed by atoms with Crippen molar-refractivity contribution in [3.63, 3.8) is 0 Å². The predicted molar refractivity (Wildman–Crippen MR) is 105 cm³/mol. The lowest BCUT2D eigenvalue weighted by atomic mass is 10.2. The van der Waals surface area contributed by atoms with E-state index < -0.39 is 0 Å². The van der Waals surface area contributed by atoms with E-state index in [0.29, 0.717) is 6.04 Å². The summed E-state index contributed by atoms with van der Waals surface area (Å²) in [6.07, 6.45) is 1.91. The summed E-state index contributed by atoms with van der Waals surface area (Å²) in [5.41, 5.74) is 2.38. The minimum Gasteiger partial charge on any atom is -0.380 e. The van der Waals surface area contributed by atoms with Crippen molar-refractivity contribution in [2.45, 2.75) is 18.9 Å². The number of aromatic nitrogens is 2. The number of benzene rings is 2. The van der Waals surface area contributed by atoms with E-state index >= 15 is 0 Å². The van der Waals surface area contributed by atoms with Crippen molar-refractivity contribution in [3.8, 4) is 0 Å². The van der Waals surface area contributed by atoms with Crippen LogP contribution in [0.25, 0.3) is 0 Å². The van der Waals surface area contributed by atoms with Gasteiger partial charge in [-0.2, -0.15) is 0 Å². The Hall–Kier alpha value is -2.11. The summed E-state index contributed by atoms with van der Waals surface area (Å²) in [5, 5.41) is 15.2. The van der Waals surface area contributed by atoms with Gasteiger partial charge >= 0.3 is 0 Å². The molecule has 1 aliphatic rings. The van der Waals surface area contributed by atoms with Gasteiger partial charge < -0.3 is 10.2 Å². The second-order valence-electron chi connectivity index (χ2n) is 6.22. The molecule has 4 rings (SSSR count). The highest BCUT2D eigenvalue weighted by Crippen LogP contribution is 2.27. The molecule has 1 N–H and O–H groups in total. The maximum absolute atomic E-state index is 5.94. The topological polar surface area (TPSA) is 41.1 Å². The SMILES string of the molecule is Clc1ccc(Cc2nnc(N3CCC(Nc4ccccc4)C3)s2)cc1. The van der Waals surface area contributed by atoms with Gasteiger partial charge in [0.2, 0.25) is 5.13 Å². The smallest absolute Gasteiger partial charge is 0.208 e. The molecule has 1 saturated heterocycles. The van der Waals surface area contributed by atoms with Crippen LogP contribution in [0.4, 0.5) is 10.8 Å². The number of hydrogen-bond acceptors (Lipinski definition) is 5. The van der Waals surface area contributed by atoms with Crippen molar-refractivity contribution in [1.29, 1.82) is 0 Å². The predicted octanol–water partition coefficient (Wildman–Crippen LogP) is 4.47. The Morgan fingerprint density at radius 1 is 1.08 bits per heavy atom. The lowest BCUT2D eigenvalue weighted by Gasteiger charge is -2.16. The van der Waals surface area contributed by atoms with E-state index in [0.717, 1.165) is 41.1 Å². The molecule has 0 aliphatic carbocycles. The molecule has 3 aromatic rings. The van der Waals surface area contributed by atoms with E-state index in [1.807, 2.05) is 30.3 Å². The standard InChI is InChI=1S/C19H19ClN4S/c20-15-8-6-14(7-9-15)12-18-22-23-19(25-18)24-11-10-17(13-24)21-16-4-2-1-3-5-16/h1-9,17,21H,10-13H2. The maximum atomic E-state index is 5.94. The average molecular weight is 371 g/mol. The zero-order chi connectivity index (χ0) is 17.1. The number of rotatable bonds is 5.